The number of carbonyl (C=O) groups excluding carboxylic acids is 5. The lowest BCUT2D eigenvalue weighted by Crippen LogP contribution is -2.61. The van der Waals surface area contributed by atoms with Crippen LogP contribution < -0.4 is 21.1 Å². The second kappa shape index (κ2) is 13.5. The summed E-state index contributed by atoms with van der Waals surface area (Å²) in [7, 11) is 3.71. The van der Waals surface area contributed by atoms with E-state index in [1.807, 2.05) is 23.1 Å². The number of likely N-dealkylation sites (N-methyl/N-ethyl adjacent to an activating group) is 1. The number of benzene rings is 2. The number of nitrogens with zero attached hydrogens (tertiary/aromatic N) is 6. The third-order valence-corrected chi connectivity index (χ3v) is 12.4. The number of anilines is 2. The maximum absolute atomic E-state index is 13.6. The minimum absolute atomic E-state index is 0.00817. The molecule has 5 aliphatic rings. The van der Waals surface area contributed by atoms with Gasteiger partial charge in [0.05, 0.1) is 28.7 Å². The van der Waals surface area contributed by atoms with Gasteiger partial charge in [-0.2, -0.15) is 5.10 Å². The summed E-state index contributed by atoms with van der Waals surface area (Å²) in [6.45, 7) is 4.41. The van der Waals surface area contributed by atoms with Crippen molar-refractivity contribution < 1.29 is 24.0 Å². The molecule has 5 amide bonds. The fourth-order valence-corrected chi connectivity index (χ4v) is 9.25. The third kappa shape index (κ3) is 6.33. The fourth-order valence-electron chi connectivity index (χ4n) is 8.77. The highest BCUT2D eigenvalue weighted by Crippen LogP contribution is 2.45. The molecule has 53 heavy (non-hydrogen) atoms. The van der Waals surface area contributed by atoms with Crippen LogP contribution in [-0.2, 0) is 16.6 Å². The Morgan fingerprint density at radius 3 is 2.42 bits per heavy atom. The molecule has 2 aromatic carbocycles. The number of hydrogen-bond donors (Lipinski definition) is 2. The normalized spacial score (nSPS) is 24.3. The van der Waals surface area contributed by atoms with Gasteiger partial charge in [0.2, 0.25) is 11.8 Å². The summed E-state index contributed by atoms with van der Waals surface area (Å²) >= 11 is 3.41. The molecule has 3 aromatic rings. The summed E-state index contributed by atoms with van der Waals surface area (Å²) in [4.78, 5) is 84.4. The number of hydrogen-bond acceptors (Lipinski definition) is 10. The van der Waals surface area contributed by atoms with Gasteiger partial charge < -0.3 is 20.0 Å². The zero-order valence-corrected chi connectivity index (χ0v) is 31.2. The van der Waals surface area contributed by atoms with E-state index in [1.54, 1.807) is 25.4 Å². The quantitative estimate of drug-likeness (QED) is 0.357. The topological polar surface area (TPSA) is 157 Å². The maximum Gasteiger partial charge on any atom is 0.282 e. The fraction of sp³-hybridized carbons (Fsp3) is 0.447. The van der Waals surface area contributed by atoms with E-state index in [9.17, 15) is 28.8 Å². The van der Waals surface area contributed by atoms with Crippen LogP contribution in [0.5, 0.6) is 0 Å². The van der Waals surface area contributed by atoms with Gasteiger partial charge in [-0.25, -0.2) is 4.68 Å². The Labute approximate surface area is 314 Å². The molecule has 0 bridgehead atoms. The minimum atomic E-state index is -1.00. The van der Waals surface area contributed by atoms with Crippen LogP contribution in [-0.4, -0.2) is 112 Å². The van der Waals surface area contributed by atoms with Crippen LogP contribution in [0.1, 0.15) is 74.7 Å². The Kier molecular flexibility index (Phi) is 8.96. The van der Waals surface area contributed by atoms with E-state index in [0.717, 1.165) is 37.3 Å². The van der Waals surface area contributed by atoms with Gasteiger partial charge in [0.1, 0.15) is 10.5 Å². The summed E-state index contributed by atoms with van der Waals surface area (Å²) in [5, 5.41) is 9.90. The van der Waals surface area contributed by atoms with Crippen LogP contribution in [0.25, 0.3) is 0 Å². The maximum atomic E-state index is 13.6. The van der Waals surface area contributed by atoms with Crippen molar-refractivity contribution in [1.29, 1.82) is 0 Å². The molecule has 0 radical (unpaired) electrons. The van der Waals surface area contributed by atoms with Gasteiger partial charge in [0.25, 0.3) is 23.3 Å². The zero-order chi connectivity index (χ0) is 37.2. The van der Waals surface area contributed by atoms with E-state index in [1.165, 1.54) is 10.2 Å². The second-order valence-corrected chi connectivity index (χ2v) is 16.0. The Morgan fingerprint density at radius 2 is 1.70 bits per heavy atom. The van der Waals surface area contributed by atoms with Crippen molar-refractivity contribution in [2.75, 3.05) is 56.5 Å². The molecular formula is C38H41BrN8O6. The summed E-state index contributed by atoms with van der Waals surface area (Å²) in [5.41, 5.74) is 3.60. The number of likely N-dealkylation sites (tertiary alicyclic amines) is 2. The Balaban J connectivity index is 0.870. The largest absolute Gasteiger partial charge is 0.379 e. The van der Waals surface area contributed by atoms with Crippen LogP contribution in [0.4, 0.5) is 11.4 Å². The highest BCUT2D eigenvalue weighted by Gasteiger charge is 2.50. The number of aryl methyl sites for hydroxylation is 1. The van der Waals surface area contributed by atoms with E-state index in [4.69, 9.17) is 0 Å². The van der Waals surface area contributed by atoms with E-state index in [2.05, 4.69) is 60.6 Å². The van der Waals surface area contributed by atoms with Gasteiger partial charge >= 0.3 is 0 Å². The number of fused-ring (bicyclic) bond motifs is 1. The van der Waals surface area contributed by atoms with Gasteiger partial charge in [-0.05, 0) is 84.4 Å². The van der Waals surface area contributed by atoms with Gasteiger partial charge in [0.15, 0.2) is 0 Å². The molecule has 8 rings (SSSR count). The summed E-state index contributed by atoms with van der Waals surface area (Å²) in [6.07, 6.45) is 4.40. The van der Waals surface area contributed by atoms with Gasteiger partial charge in [-0.3, -0.25) is 39.0 Å². The lowest BCUT2D eigenvalue weighted by Gasteiger charge is -2.55. The van der Waals surface area contributed by atoms with Crippen LogP contribution in [0.15, 0.2) is 57.9 Å². The number of halogens is 1. The van der Waals surface area contributed by atoms with Crippen molar-refractivity contribution in [3.05, 3.63) is 85.7 Å². The van der Waals surface area contributed by atoms with Gasteiger partial charge in [-0.15, -0.1) is 0 Å². The Morgan fingerprint density at radius 1 is 0.962 bits per heavy atom. The average molecular weight is 786 g/mol. The first-order chi connectivity index (χ1) is 25.4. The molecule has 3 unspecified atom stereocenters. The molecule has 3 atom stereocenters. The molecule has 2 N–H and O–H groups in total. The van der Waals surface area contributed by atoms with E-state index >= 15 is 0 Å². The smallest absolute Gasteiger partial charge is 0.282 e. The number of carbonyl (C=O) groups is 5. The summed E-state index contributed by atoms with van der Waals surface area (Å²) in [6, 6.07) is 12.3. The summed E-state index contributed by atoms with van der Waals surface area (Å²) in [5.74, 6) is -1.76. The van der Waals surface area contributed by atoms with Crippen LogP contribution in [0.2, 0.25) is 0 Å². The molecule has 0 saturated carbocycles. The molecule has 1 spiro atoms. The minimum Gasteiger partial charge on any atom is -0.379 e. The molecule has 4 saturated heterocycles. The number of amides is 5. The van der Waals surface area contributed by atoms with Crippen molar-refractivity contribution in [3.63, 3.8) is 0 Å². The molecule has 4 fully saturated rings. The standard InChI is InChI=1S/C38H41BrN8O6/c1-43-18-24(16-25(19-43)41-27-17-40-44(2)37(53)32(27)39)22-6-8-23(9-7-22)34(50)45-14-12-38(13-15-45)20-46(21-38)28-5-3-4-26-31(28)36(52)47(35(26)51)29-10-11-30(48)42-33(29)49/h3-9,17,24-25,29,41H,10-16,18-21H2,1-2H3,(H,42,48,49). The van der Waals surface area contributed by atoms with Crippen LogP contribution >= 0.6 is 15.9 Å². The van der Waals surface area contributed by atoms with Crippen molar-refractivity contribution in [1.82, 2.24) is 29.8 Å². The second-order valence-electron chi connectivity index (χ2n) is 15.2. The van der Waals surface area contributed by atoms with Gasteiger partial charge in [0, 0.05) is 69.8 Å². The highest BCUT2D eigenvalue weighted by molar-refractivity contribution is 9.10. The first-order valence-electron chi connectivity index (χ1n) is 18.1. The third-order valence-electron chi connectivity index (χ3n) is 11.7. The first-order valence-corrected chi connectivity index (χ1v) is 18.9. The van der Waals surface area contributed by atoms with Crippen LogP contribution in [0.3, 0.4) is 0 Å². The number of piperidine rings is 3. The average Bonchev–Trinajstić information content (AvgIpc) is 3.39. The molecule has 6 heterocycles. The number of rotatable bonds is 6. The monoisotopic (exact) mass is 784 g/mol. The van der Waals surface area contributed by atoms with E-state index in [-0.39, 0.29) is 47.2 Å². The summed E-state index contributed by atoms with van der Waals surface area (Å²) < 4.78 is 1.76. The zero-order valence-electron chi connectivity index (χ0n) is 29.6. The Hall–Kier alpha value is -4.89. The number of aromatic nitrogens is 2. The molecular weight excluding hydrogens is 744 g/mol. The first kappa shape index (κ1) is 35.2. The predicted octanol–water partition coefficient (Wildman–Crippen LogP) is 2.59. The molecule has 15 heteroatoms. The molecule has 5 aliphatic heterocycles. The molecule has 276 valence electrons. The highest BCUT2D eigenvalue weighted by atomic mass is 79.9. The molecule has 1 aromatic heterocycles. The number of imide groups is 2. The van der Waals surface area contributed by atoms with Crippen LogP contribution in [0, 0.1) is 5.41 Å². The van der Waals surface area contributed by atoms with E-state index < -0.39 is 29.7 Å². The van der Waals surface area contributed by atoms with Crippen molar-refractivity contribution in [3.8, 4) is 0 Å². The van der Waals surface area contributed by atoms with Crippen molar-refractivity contribution in [2.45, 2.75) is 50.1 Å². The van der Waals surface area contributed by atoms with Crippen molar-refractivity contribution in [2.24, 2.45) is 12.5 Å². The molecule has 14 nitrogen and oxygen atoms in total. The SMILES string of the molecule is CN1CC(Nc2cnn(C)c(=O)c2Br)CC(c2ccc(C(=O)N3CCC4(CC3)CN(c3cccc5c3C(=O)N(C3CCC(=O)NC3=O)C5=O)C4)cc2)C1. The lowest BCUT2D eigenvalue weighted by molar-refractivity contribution is -0.136. The molecule has 0 aliphatic carbocycles. The van der Waals surface area contributed by atoms with E-state index in [0.29, 0.717) is 53.2 Å². The Bertz CT molecular complexity index is 2090. The van der Waals surface area contributed by atoms with Gasteiger partial charge in [-0.1, -0.05) is 18.2 Å². The lowest BCUT2D eigenvalue weighted by atomic mass is 9.71. The predicted molar refractivity (Wildman–Crippen MR) is 199 cm³/mol. The van der Waals surface area contributed by atoms with Crippen molar-refractivity contribution >= 4 is 56.8 Å². The number of nitrogens with one attached hydrogen (secondary N) is 2.